The summed E-state index contributed by atoms with van der Waals surface area (Å²) in [5.41, 5.74) is 2.67. The fraction of sp³-hybridized carbons (Fsp3) is 0.615. The second-order valence-corrected chi connectivity index (χ2v) is 4.77. The van der Waals surface area contributed by atoms with Gasteiger partial charge in [-0.2, -0.15) is 0 Å². The molecular formula is C13H18O. The molecule has 2 saturated carbocycles. The van der Waals surface area contributed by atoms with Gasteiger partial charge < -0.3 is 0 Å². The van der Waals surface area contributed by atoms with E-state index in [1.807, 2.05) is 0 Å². The van der Waals surface area contributed by atoms with E-state index in [2.05, 4.69) is 26.5 Å². The van der Waals surface area contributed by atoms with E-state index in [4.69, 9.17) is 0 Å². The minimum absolute atomic E-state index is 0.250. The molecule has 2 aliphatic rings. The van der Waals surface area contributed by atoms with Gasteiger partial charge >= 0.3 is 0 Å². The molecule has 14 heavy (non-hydrogen) atoms. The molecule has 0 aromatic carbocycles. The number of carbonyl (C=O) groups is 1. The van der Waals surface area contributed by atoms with Gasteiger partial charge in [0.15, 0.2) is 5.78 Å². The molecule has 0 aliphatic heterocycles. The Labute approximate surface area is 85.9 Å². The van der Waals surface area contributed by atoms with Crippen molar-refractivity contribution in [1.82, 2.24) is 0 Å². The summed E-state index contributed by atoms with van der Waals surface area (Å²) in [5.74, 6) is 0.722. The van der Waals surface area contributed by atoms with Crippen LogP contribution >= 0.6 is 0 Å². The van der Waals surface area contributed by atoms with Crippen LogP contribution in [0.1, 0.15) is 39.5 Å². The van der Waals surface area contributed by atoms with Gasteiger partial charge in [-0.05, 0) is 43.1 Å². The lowest BCUT2D eigenvalue weighted by molar-refractivity contribution is -0.118. The zero-order valence-corrected chi connectivity index (χ0v) is 9.10. The van der Waals surface area contributed by atoms with E-state index in [1.54, 1.807) is 0 Å². The molecule has 0 amide bonds. The summed E-state index contributed by atoms with van der Waals surface area (Å²) in [6.07, 6.45) is 6.24. The second-order valence-electron chi connectivity index (χ2n) is 4.77. The molecule has 0 bridgehead atoms. The van der Waals surface area contributed by atoms with Crippen molar-refractivity contribution in [2.75, 3.05) is 0 Å². The van der Waals surface area contributed by atoms with E-state index in [9.17, 15) is 4.79 Å². The van der Waals surface area contributed by atoms with Gasteiger partial charge in [-0.1, -0.05) is 25.2 Å². The molecule has 1 heteroatoms. The number of ketones is 1. The first-order valence-corrected chi connectivity index (χ1v) is 5.47. The normalized spacial score (nSPS) is 40.4. The number of Topliss-reactive ketones (excluding diaryl/α,β-unsaturated/α-hetero) is 1. The fourth-order valence-electron chi connectivity index (χ4n) is 3.22. The van der Waals surface area contributed by atoms with Crippen molar-refractivity contribution >= 4 is 5.78 Å². The molecule has 76 valence electrons. The van der Waals surface area contributed by atoms with Crippen LogP contribution in [0.5, 0.6) is 0 Å². The Kier molecular flexibility index (Phi) is 2.13. The zero-order valence-electron chi connectivity index (χ0n) is 9.10. The lowest BCUT2D eigenvalue weighted by atomic mass is 9.65. The van der Waals surface area contributed by atoms with Gasteiger partial charge in [-0.15, -0.1) is 0 Å². The average molecular weight is 190 g/mol. The molecule has 0 spiro atoms. The summed E-state index contributed by atoms with van der Waals surface area (Å²) < 4.78 is 0. The molecule has 0 saturated heterocycles. The molecule has 0 N–H and O–H groups in total. The van der Waals surface area contributed by atoms with Crippen molar-refractivity contribution in [3.05, 3.63) is 23.8 Å². The Hall–Kier alpha value is -0.850. The van der Waals surface area contributed by atoms with Crippen LogP contribution in [0.25, 0.3) is 0 Å². The predicted molar refractivity (Wildman–Crippen MR) is 58.0 cm³/mol. The first-order valence-electron chi connectivity index (χ1n) is 5.47. The Morgan fingerprint density at radius 1 is 1.50 bits per heavy atom. The van der Waals surface area contributed by atoms with Crippen LogP contribution in [0.2, 0.25) is 0 Å². The highest BCUT2D eigenvalue weighted by molar-refractivity contribution is 5.96. The van der Waals surface area contributed by atoms with Gasteiger partial charge in [0.1, 0.15) is 0 Å². The summed E-state index contributed by atoms with van der Waals surface area (Å²) in [7, 11) is 0. The van der Waals surface area contributed by atoms with Crippen molar-refractivity contribution in [2.24, 2.45) is 11.3 Å². The maximum absolute atomic E-state index is 11.6. The summed E-state index contributed by atoms with van der Waals surface area (Å²) in [4.78, 5) is 11.6. The molecule has 1 nitrogen and oxygen atoms in total. The molecule has 0 aromatic heterocycles. The van der Waals surface area contributed by atoms with Crippen LogP contribution in [-0.4, -0.2) is 5.78 Å². The number of hydrogen-bond donors (Lipinski definition) is 0. The third kappa shape index (κ3) is 1.11. The zero-order chi connectivity index (χ0) is 10.3. The number of carbonyl (C=O) groups excluding carboxylic acids is 1. The molecule has 0 aromatic rings. The van der Waals surface area contributed by atoms with Crippen molar-refractivity contribution in [3.63, 3.8) is 0 Å². The number of allylic oxidation sites excluding steroid dienone is 3. The molecule has 2 atom stereocenters. The van der Waals surface area contributed by atoms with Crippen LogP contribution in [0.4, 0.5) is 0 Å². The first-order chi connectivity index (χ1) is 6.59. The van der Waals surface area contributed by atoms with Crippen molar-refractivity contribution in [1.29, 1.82) is 0 Å². The van der Waals surface area contributed by atoms with Gasteiger partial charge in [-0.25, -0.2) is 0 Å². The minimum Gasteiger partial charge on any atom is -0.295 e. The summed E-state index contributed by atoms with van der Waals surface area (Å²) in [6, 6.07) is 0. The first kappa shape index (κ1) is 9.70. The topological polar surface area (TPSA) is 17.1 Å². The summed E-state index contributed by atoms with van der Waals surface area (Å²) in [5, 5.41) is 0. The molecule has 0 radical (unpaired) electrons. The van der Waals surface area contributed by atoms with Crippen LogP contribution in [-0.2, 0) is 4.79 Å². The molecule has 2 unspecified atom stereocenters. The highest BCUT2D eigenvalue weighted by Crippen LogP contribution is 2.55. The maximum atomic E-state index is 11.6. The fourth-order valence-corrected chi connectivity index (χ4v) is 3.22. The van der Waals surface area contributed by atoms with Crippen molar-refractivity contribution in [2.45, 2.75) is 39.5 Å². The Morgan fingerprint density at radius 2 is 2.21 bits per heavy atom. The maximum Gasteiger partial charge on any atom is 0.158 e. The Balaban J connectivity index is 2.38. The van der Waals surface area contributed by atoms with Crippen molar-refractivity contribution < 1.29 is 4.79 Å². The predicted octanol–water partition coefficient (Wildman–Crippen LogP) is 3.27. The third-order valence-electron chi connectivity index (χ3n) is 4.20. The van der Waals surface area contributed by atoms with Gasteiger partial charge in [-0.3, -0.25) is 4.79 Å². The van der Waals surface area contributed by atoms with Gasteiger partial charge in [0.25, 0.3) is 0 Å². The number of rotatable bonds is 0. The lowest BCUT2D eigenvalue weighted by Gasteiger charge is -2.38. The SMILES string of the molecule is C=C1C(=O)CCC2(C)C(=CC)CCC12. The van der Waals surface area contributed by atoms with E-state index in [-0.39, 0.29) is 5.41 Å². The average Bonchev–Trinajstić information content (AvgIpc) is 2.50. The minimum atomic E-state index is 0.250. The largest absolute Gasteiger partial charge is 0.295 e. The second kappa shape index (κ2) is 3.08. The standard InChI is InChI=1S/C13H18O/c1-4-10-5-6-11-9(2)12(14)7-8-13(10,11)3/h4,11H,2,5-8H2,1,3H3. The molecule has 2 rings (SSSR count). The third-order valence-corrected chi connectivity index (χ3v) is 4.20. The van der Waals surface area contributed by atoms with E-state index in [0.29, 0.717) is 18.1 Å². The van der Waals surface area contributed by atoms with Crippen molar-refractivity contribution in [3.8, 4) is 0 Å². The summed E-state index contributed by atoms with van der Waals surface area (Å²) in [6.45, 7) is 8.39. The highest BCUT2D eigenvalue weighted by Gasteiger charge is 2.47. The number of fused-ring (bicyclic) bond motifs is 1. The Bertz CT molecular complexity index is 324. The van der Waals surface area contributed by atoms with Gasteiger partial charge in [0.2, 0.25) is 0 Å². The molecule has 2 fully saturated rings. The highest BCUT2D eigenvalue weighted by atomic mass is 16.1. The van der Waals surface area contributed by atoms with E-state index < -0.39 is 0 Å². The van der Waals surface area contributed by atoms with Crippen LogP contribution in [0.3, 0.4) is 0 Å². The molecule has 0 heterocycles. The monoisotopic (exact) mass is 190 g/mol. The van der Waals surface area contributed by atoms with E-state index in [0.717, 1.165) is 24.8 Å². The van der Waals surface area contributed by atoms with Crippen LogP contribution < -0.4 is 0 Å². The smallest absolute Gasteiger partial charge is 0.158 e. The van der Waals surface area contributed by atoms with E-state index >= 15 is 0 Å². The lowest BCUT2D eigenvalue weighted by Crippen LogP contribution is -2.33. The summed E-state index contributed by atoms with van der Waals surface area (Å²) >= 11 is 0. The Morgan fingerprint density at radius 3 is 2.86 bits per heavy atom. The van der Waals surface area contributed by atoms with Gasteiger partial charge in [0.05, 0.1) is 0 Å². The quantitative estimate of drug-likeness (QED) is 0.423. The van der Waals surface area contributed by atoms with Crippen LogP contribution in [0, 0.1) is 11.3 Å². The molecule has 2 aliphatic carbocycles. The van der Waals surface area contributed by atoms with E-state index in [1.165, 1.54) is 5.57 Å². The molecular weight excluding hydrogens is 172 g/mol. The van der Waals surface area contributed by atoms with Gasteiger partial charge in [0, 0.05) is 6.42 Å². The van der Waals surface area contributed by atoms with Crippen LogP contribution in [0.15, 0.2) is 23.8 Å². The number of hydrogen-bond acceptors (Lipinski definition) is 1.